The molecule has 0 saturated heterocycles. The van der Waals surface area contributed by atoms with E-state index in [1.54, 1.807) is 37.3 Å². The van der Waals surface area contributed by atoms with Gasteiger partial charge in [0.1, 0.15) is 22.0 Å². The highest BCUT2D eigenvalue weighted by atomic mass is 32.2. The zero-order chi connectivity index (χ0) is 23.6. The number of fused-ring (bicyclic) bond motifs is 1. The molecule has 1 aliphatic heterocycles. The van der Waals surface area contributed by atoms with Crippen molar-refractivity contribution in [2.75, 3.05) is 19.0 Å². The highest BCUT2D eigenvalue weighted by molar-refractivity contribution is 7.89. The maximum Gasteiger partial charge on any atom is 0.247 e. The van der Waals surface area contributed by atoms with Crippen molar-refractivity contribution in [3.8, 4) is 5.75 Å². The molecule has 1 N–H and O–H groups in total. The number of rotatable bonds is 6. The van der Waals surface area contributed by atoms with Crippen LogP contribution in [-0.2, 0) is 27.8 Å². The van der Waals surface area contributed by atoms with Crippen molar-refractivity contribution in [3.63, 3.8) is 0 Å². The van der Waals surface area contributed by atoms with E-state index in [2.05, 4.69) is 10.5 Å². The second-order valence-electron chi connectivity index (χ2n) is 7.79. The van der Waals surface area contributed by atoms with Gasteiger partial charge in [0.15, 0.2) is 5.76 Å². The number of hydrogen-bond donors (Lipinski definition) is 1. The van der Waals surface area contributed by atoms with E-state index in [4.69, 9.17) is 9.26 Å². The summed E-state index contributed by atoms with van der Waals surface area (Å²) in [4.78, 5) is 11.6. The van der Waals surface area contributed by atoms with Crippen LogP contribution in [0.3, 0.4) is 0 Å². The number of ether oxygens (including phenoxy) is 1. The molecule has 1 aliphatic rings. The van der Waals surface area contributed by atoms with Crippen molar-refractivity contribution in [3.05, 3.63) is 70.6 Å². The summed E-state index contributed by atoms with van der Waals surface area (Å²) in [5.74, 6) is 0.410. The van der Waals surface area contributed by atoms with Crippen LogP contribution >= 0.6 is 0 Å². The molecule has 0 atom stereocenters. The molecule has 0 saturated carbocycles. The summed E-state index contributed by atoms with van der Waals surface area (Å²) < 4.78 is 39.2. The Morgan fingerprint density at radius 1 is 1.18 bits per heavy atom. The first kappa shape index (κ1) is 22.8. The number of carbonyl (C=O) groups is 1. The zero-order valence-corrected chi connectivity index (χ0v) is 19.5. The predicted octanol–water partition coefficient (Wildman–Crippen LogP) is 3.87. The number of amides is 1. The van der Waals surface area contributed by atoms with Gasteiger partial charge in [-0.1, -0.05) is 41.6 Å². The third-order valence-corrected chi connectivity index (χ3v) is 7.38. The molecular weight excluding hydrogens is 442 g/mol. The fourth-order valence-electron chi connectivity index (χ4n) is 3.81. The van der Waals surface area contributed by atoms with Gasteiger partial charge in [-0.3, -0.25) is 4.79 Å². The summed E-state index contributed by atoms with van der Waals surface area (Å²) in [5, 5.41) is 6.58. The fourth-order valence-corrected chi connectivity index (χ4v) is 5.42. The van der Waals surface area contributed by atoms with Gasteiger partial charge in [0, 0.05) is 20.0 Å². The van der Waals surface area contributed by atoms with Crippen LogP contribution < -0.4 is 10.1 Å². The summed E-state index contributed by atoms with van der Waals surface area (Å²) in [6.07, 6.45) is 4.00. The Kier molecular flexibility index (Phi) is 6.35. The Hall–Kier alpha value is -3.43. The van der Waals surface area contributed by atoms with Crippen LogP contribution in [-0.4, -0.2) is 37.4 Å². The second kappa shape index (κ2) is 9.21. The molecule has 0 fully saturated rings. The highest BCUT2D eigenvalue weighted by Gasteiger charge is 2.30. The smallest absolute Gasteiger partial charge is 0.247 e. The minimum atomic E-state index is -3.79. The number of aromatic nitrogens is 1. The highest BCUT2D eigenvalue weighted by Crippen LogP contribution is 2.32. The summed E-state index contributed by atoms with van der Waals surface area (Å²) in [6.45, 7) is 3.85. The van der Waals surface area contributed by atoms with Crippen molar-refractivity contribution in [1.82, 2.24) is 9.46 Å². The Morgan fingerprint density at radius 3 is 2.67 bits per heavy atom. The van der Waals surface area contributed by atoms with Crippen LogP contribution in [0.5, 0.6) is 5.75 Å². The number of benzene rings is 2. The first-order valence-corrected chi connectivity index (χ1v) is 11.9. The molecule has 0 bridgehead atoms. The molecule has 0 unspecified atom stereocenters. The number of carbonyl (C=O) groups excluding carboxylic acids is 1. The van der Waals surface area contributed by atoms with Crippen LogP contribution in [0.4, 0.5) is 5.69 Å². The quantitative estimate of drug-likeness (QED) is 0.591. The van der Waals surface area contributed by atoms with Gasteiger partial charge in [-0.15, -0.1) is 0 Å². The average Bonchev–Trinajstić information content (AvgIpc) is 3.15. The predicted molar refractivity (Wildman–Crippen MR) is 125 cm³/mol. The summed E-state index contributed by atoms with van der Waals surface area (Å²) in [7, 11) is -2.34. The largest absolute Gasteiger partial charge is 0.495 e. The third kappa shape index (κ3) is 4.69. The van der Waals surface area contributed by atoms with E-state index in [-0.39, 0.29) is 16.6 Å². The molecule has 4 rings (SSSR count). The molecule has 0 spiro atoms. The Bertz CT molecular complexity index is 1330. The maximum atomic E-state index is 13.5. The van der Waals surface area contributed by atoms with Crippen molar-refractivity contribution in [1.29, 1.82) is 0 Å². The molecule has 8 nitrogen and oxygen atoms in total. The van der Waals surface area contributed by atoms with E-state index in [1.165, 1.54) is 23.9 Å². The molecule has 33 heavy (non-hydrogen) atoms. The minimum Gasteiger partial charge on any atom is -0.495 e. The molecule has 1 aromatic heterocycles. The Labute approximate surface area is 192 Å². The van der Waals surface area contributed by atoms with Crippen LogP contribution in [0.1, 0.15) is 35.1 Å². The van der Waals surface area contributed by atoms with Crippen LogP contribution in [0.25, 0.3) is 12.2 Å². The van der Waals surface area contributed by atoms with Gasteiger partial charge in [0.2, 0.25) is 15.9 Å². The number of sulfonamides is 1. The normalized spacial score (nSPS) is 14.3. The van der Waals surface area contributed by atoms with E-state index in [0.717, 1.165) is 5.56 Å². The standard InChI is InChI=1S/C24H25N3O5S/c1-16-24(25-17(2)28)22(32-26-16)11-9-18-8-10-21(31-3)23(14-18)33(29,30)27-13-12-19-6-4-5-7-20(19)15-27/h4-11,14H,12-13,15H2,1-3H3,(H,25,28). The number of nitrogens with zero attached hydrogens (tertiary/aromatic N) is 2. The molecule has 2 heterocycles. The molecule has 0 aliphatic carbocycles. The second-order valence-corrected chi connectivity index (χ2v) is 9.70. The lowest BCUT2D eigenvalue weighted by molar-refractivity contribution is -0.114. The topological polar surface area (TPSA) is 102 Å². The zero-order valence-electron chi connectivity index (χ0n) is 18.7. The first-order valence-electron chi connectivity index (χ1n) is 10.5. The van der Waals surface area contributed by atoms with E-state index in [0.29, 0.717) is 42.2 Å². The summed E-state index contributed by atoms with van der Waals surface area (Å²) >= 11 is 0. The van der Waals surface area contributed by atoms with E-state index >= 15 is 0 Å². The van der Waals surface area contributed by atoms with Gasteiger partial charge in [0.05, 0.1) is 7.11 Å². The minimum absolute atomic E-state index is 0.0994. The van der Waals surface area contributed by atoms with Crippen LogP contribution in [0, 0.1) is 6.92 Å². The van der Waals surface area contributed by atoms with Gasteiger partial charge in [-0.2, -0.15) is 4.31 Å². The monoisotopic (exact) mass is 467 g/mol. The van der Waals surface area contributed by atoms with Crippen molar-refractivity contribution in [2.24, 2.45) is 0 Å². The van der Waals surface area contributed by atoms with E-state index < -0.39 is 10.0 Å². The molecule has 2 aromatic carbocycles. The summed E-state index contributed by atoms with van der Waals surface area (Å²) in [5.41, 5.74) is 3.84. The number of anilines is 1. The lowest BCUT2D eigenvalue weighted by atomic mass is 10.0. The van der Waals surface area contributed by atoms with Gasteiger partial charge >= 0.3 is 0 Å². The van der Waals surface area contributed by atoms with Gasteiger partial charge in [-0.25, -0.2) is 8.42 Å². The van der Waals surface area contributed by atoms with Crippen molar-refractivity contribution < 1.29 is 22.5 Å². The number of methoxy groups -OCH3 is 1. The van der Waals surface area contributed by atoms with E-state index in [1.807, 2.05) is 24.3 Å². The van der Waals surface area contributed by atoms with E-state index in [9.17, 15) is 13.2 Å². The Balaban J connectivity index is 1.65. The van der Waals surface area contributed by atoms with Gasteiger partial charge in [-0.05, 0) is 48.2 Å². The van der Waals surface area contributed by atoms with Gasteiger partial charge < -0.3 is 14.6 Å². The molecule has 1 amide bonds. The van der Waals surface area contributed by atoms with Gasteiger partial charge in [0.25, 0.3) is 0 Å². The number of hydrogen-bond acceptors (Lipinski definition) is 6. The lowest BCUT2D eigenvalue weighted by Gasteiger charge is -2.28. The van der Waals surface area contributed by atoms with Crippen LogP contribution in [0.15, 0.2) is 51.9 Å². The number of aryl methyl sites for hydroxylation is 1. The molecule has 172 valence electrons. The third-order valence-electron chi connectivity index (χ3n) is 5.52. The average molecular weight is 468 g/mol. The fraction of sp³-hybridized carbons (Fsp3) is 0.250. The Morgan fingerprint density at radius 2 is 1.94 bits per heavy atom. The molecular formula is C24H25N3O5S. The molecule has 3 aromatic rings. The summed E-state index contributed by atoms with van der Waals surface area (Å²) in [6, 6.07) is 12.8. The first-order chi connectivity index (χ1) is 15.8. The lowest BCUT2D eigenvalue weighted by Crippen LogP contribution is -2.36. The molecule has 0 radical (unpaired) electrons. The van der Waals surface area contributed by atoms with Crippen molar-refractivity contribution in [2.45, 2.75) is 31.7 Å². The number of nitrogens with one attached hydrogen (secondary N) is 1. The van der Waals surface area contributed by atoms with Crippen molar-refractivity contribution >= 4 is 33.8 Å². The SMILES string of the molecule is COc1ccc(C=Cc2onc(C)c2NC(C)=O)cc1S(=O)(=O)N1CCc2ccccc2C1. The van der Waals surface area contributed by atoms with Crippen LogP contribution in [0.2, 0.25) is 0 Å². The maximum absolute atomic E-state index is 13.5. The molecule has 9 heteroatoms.